The highest BCUT2D eigenvalue weighted by molar-refractivity contribution is 6.01. The number of hydrogen-bond acceptors (Lipinski definition) is 19. The van der Waals surface area contributed by atoms with Crippen LogP contribution in [0.2, 0.25) is 0 Å². The first-order valence-corrected chi connectivity index (χ1v) is 23.7. The Balaban J connectivity index is 0.744. The summed E-state index contributed by atoms with van der Waals surface area (Å²) in [7, 11) is 0. The fraction of sp³-hybridized carbons (Fsp3) is 0.667. The number of carbonyl (C=O) groups excluding carboxylic acids is 4. The molecule has 0 saturated carbocycles. The lowest BCUT2D eigenvalue weighted by Crippen LogP contribution is -2.32. The van der Waals surface area contributed by atoms with Crippen LogP contribution >= 0.6 is 0 Å². The molecular weight excluding hydrogens is 909 g/mol. The van der Waals surface area contributed by atoms with E-state index in [-0.39, 0.29) is 45.0 Å². The summed E-state index contributed by atoms with van der Waals surface area (Å²) in [6.45, 7) is 11.5. The Morgan fingerprint density at radius 3 is 1.09 bits per heavy atom. The molecule has 1 heterocycles. The van der Waals surface area contributed by atoms with Crippen molar-refractivity contribution in [2.24, 2.45) is 0 Å². The molecule has 1 aliphatic heterocycles. The summed E-state index contributed by atoms with van der Waals surface area (Å²) in [6, 6.07) is 16.5. The van der Waals surface area contributed by atoms with Crippen LogP contribution in [0.25, 0.3) is 11.1 Å². The van der Waals surface area contributed by atoms with Gasteiger partial charge in [-0.1, -0.05) is 48.5 Å². The molecule has 0 atom stereocenters. The number of alkyl carbamates (subject to hydrolysis) is 1. The molecule has 1 fully saturated rings. The number of carbonyl (C=O) groups is 4. The third kappa shape index (κ3) is 26.0. The first kappa shape index (κ1) is 57.4. The topological polar surface area (TPSA) is 222 Å². The normalized spacial score (nSPS) is 13.3. The van der Waals surface area contributed by atoms with E-state index >= 15 is 0 Å². The van der Waals surface area contributed by atoms with Gasteiger partial charge in [-0.25, -0.2) is 9.59 Å². The molecule has 1 N–H and O–H groups in total. The average Bonchev–Trinajstić information content (AvgIpc) is 3.86. The maximum absolute atomic E-state index is 12.3. The molecule has 0 spiro atoms. The highest BCUT2D eigenvalue weighted by atomic mass is 16.7. The van der Waals surface area contributed by atoms with Crippen molar-refractivity contribution in [3.63, 3.8) is 0 Å². The van der Waals surface area contributed by atoms with Gasteiger partial charge in [0.05, 0.1) is 178 Å². The van der Waals surface area contributed by atoms with Gasteiger partial charge in [0, 0.05) is 25.3 Å². The third-order valence-electron chi connectivity index (χ3n) is 9.97. The Morgan fingerprint density at radius 1 is 0.435 bits per heavy atom. The number of benzene rings is 2. The summed E-state index contributed by atoms with van der Waals surface area (Å²) in [5.74, 6) is -1.71. The van der Waals surface area contributed by atoms with Crippen molar-refractivity contribution in [2.75, 3.05) is 185 Å². The van der Waals surface area contributed by atoms with Crippen LogP contribution in [0.4, 0.5) is 4.79 Å². The van der Waals surface area contributed by atoms with E-state index in [1.807, 2.05) is 24.3 Å². The summed E-state index contributed by atoms with van der Waals surface area (Å²) in [5.41, 5.74) is 4.74. The number of nitrogens with one attached hydrogen (secondary N) is 1. The monoisotopic (exact) mass is 980 g/mol. The van der Waals surface area contributed by atoms with Crippen LogP contribution in [0.15, 0.2) is 48.5 Å². The summed E-state index contributed by atoms with van der Waals surface area (Å²) in [5, 5.41) is 3.26. The van der Waals surface area contributed by atoms with Gasteiger partial charge in [0.1, 0.15) is 6.61 Å². The molecule has 0 unspecified atom stereocenters. The lowest BCUT2D eigenvalue weighted by Gasteiger charge is -2.14. The van der Waals surface area contributed by atoms with Crippen molar-refractivity contribution in [2.45, 2.75) is 25.2 Å². The minimum Gasteiger partial charge on any atom is -0.449 e. The number of rotatable bonds is 45. The van der Waals surface area contributed by atoms with E-state index in [0.29, 0.717) is 170 Å². The Morgan fingerprint density at radius 2 is 0.739 bits per heavy atom. The van der Waals surface area contributed by atoms with Crippen molar-refractivity contribution in [3.8, 4) is 11.1 Å². The fourth-order valence-corrected chi connectivity index (χ4v) is 6.58. The molecule has 388 valence electrons. The predicted molar refractivity (Wildman–Crippen MR) is 246 cm³/mol. The molecule has 1 aliphatic carbocycles. The smallest absolute Gasteiger partial charge is 0.407 e. The van der Waals surface area contributed by atoms with Crippen molar-refractivity contribution in [3.05, 3.63) is 59.7 Å². The van der Waals surface area contributed by atoms with Gasteiger partial charge in [-0.15, -0.1) is 5.06 Å². The molecule has 1 saturated heterocycles. The first-order valence-electron chi connectivity index (χ1n) is 23.7. The standard InChI is InChI=1S/C48H72N2O19/c51-45-9-10-46(52)50(45)69-47(53)11-13-55-15-17-57-19-21-59-23-25-61-27-29-63-31-33-65-35-37-67-38-36-66-34-32-64-30-28-62-26-24-60-22-20-58-18-16-56-14-12-49-48(54)68-39-44-42-7-3-1-5-40(42)41-6-2-4-8-43(41)44/h1-8,44H,9-39H2,(H,49,54). The molecule has 0 bridgehead atoms. The lowest BCUT2D eigenvalue weighted by molar-refractivity contribution is -0.198. The second-order valence-corrected chi connectivity index (χ2v) is 15.0. The minimum absolute atomic E-state index is 0.0264. The summed E-state index contributed by atoms with van der Waals surface area (Å²) in [6.07, 6.45) is -0.435. The second kappa shape index (κ2) is 38.5. The number of amides is 3. The lowest BCUT2D eigenvalue weighted by atomic mass is 9.98. The molecule has 2 aromatic carbocycles. The molecular formula is C48H72N2O19. The van der Waals surface area contributed by atoms with Crippen LogP contribution in [-0.4, -0.2) is 214 Å². The van der Waals surface area contributed by atoms with Crippen LogP contribution in [0.5, 0.6) is 0 Å². The highest BCUT2D eigenvalue weighted by Gasteiger charge is 2.33. The van der Waals surface area contributed by atoms with Crippen LogP contribution in [0.1, 0.15) is 36.3 Å². The zero-order chi connectivity index (χ0) is 48.7. The van der Waals surface area contributed by atoms with Crippen molar-refractivity contribution < 1.29 is 90.3 Å². The van der Waals surface area contributed by atoms with Gasteiger partial charge >= 0.3 is 12.1 Å². The molecule has 0 radical (unpaired) electrons. The number of ether oxygens (including phenoxy) is 14. The van der Waals surface area contributed by atoms with Crippen LogP contribution in [0, 0.1) is 0 Å². The molecule has 4 rings (SSSR count). The van der Waals surface area contributed by atoms with E-state index in [0.717, 1.165) is 0 Å². The van der Waals surface area contributed by atoms with Gasteiger partial charge in [0.25, 0.3) is 11.8 Å². The van der Waals surface area contributed by atoms with Gasteiger partial charge in [0.15, 0.2) is 0 Å². The molecule has 69 heavy (non-hydrogen) atoms. The van der Waals surface area contributed by atoms with Gasteiger partial charge < -0.3 is 76.5 Å². The van der Waals surface area contributed by atoms with E-state index in [1.165, 1.54) is 22.3 Å². The number of imide groups is 1. The minimum atomic E-state index is -0.704. The summed E-state index contributed by atoms with van der Waals surface area (Å²) >= 11 is 0. The van der Waals surface area contributed by atoms with Crippen molar-refractivity contribution in [1.29, 1.82) is 0 Å². The zero-order valence-corrected chi connectivity index (χ0v) is 39.8. The Hall–Kier alpha value is -4.20. The van der Waals surface area contributed by atoms with Crippen molar-refractivity contribution in [1.82, 2.24) is 10.4 Å². The van der Waals surface area contributed by atoms with Gasteiger partial charge in [-0.3, -0.25) is 9.59 Å². The van der Waals surface area contributed by atoms with Crippen molar-refractivity contribution >= 4 is 23.9 Å². The van der Waals surface area contributed by atoms with E-state index < -0.39 is 23.9 Å². The van der Waals surface area contributed by atoms with Crippen LogP contribution in [0.3, 0.4) is 0 Å². The Bertz CT molecular complexity index is 1630. The molecule has 21 nitrogen and oxygen atoms in total. The Kier molecular flexibility index (Phi) is 32.0. The van der Waals surface area contributed by atoms with E-state index in [2.05, 4.69) is 29.6 Å². The first-order chi connectivity index (χ1) is 34.0. The molecule has 0 aromatic heterocycles. The molecule has 2 aromatic rings. The highest BCUT2D eigenvalue weighted by Crippen LogP contribution is 2.44. The number of hydroxylamine groups is 2. The largest absolute Gasteiger partial charge is 0.449 e. The number of nitrogens with zero attached hydrogens (tertiary/aromatic N) is 1. The van der Waals surface area contributed by atoms with E-state index in [9.17, 15) is 19.2 Å². The van der Waals surface area contributed by atoms with E-state index in [4.69, 9.17) is 71.2 Å². The molecule has 2 aliphatic rings. The van der Waals surface area contributed by atoms with Gasteiger partial charge in [0.2, 0.25) is 0 Å². The van der Waals surface area contributed by atoms with Crippen LogP contribution < -0.4 is 5.32 Å². The maximum Gasteiger partial charge on any atom is 0.407 e. The van der Waals surface area contributed by atoms with Crippen LogP contribution in [-0.2, 0) is 85.5 Å². The summed E-state index contributed by atoms with van der Waals surface area (Å²) in [4.78, 5) is 51.6. The average molecular weight is 981 g/mol. The molecule has 3 amide bonds. The fourth-order valence-electron chi connectivity index (χ4n) is 6.58. The Labute approximate surface area is 404 Å². The molecule has 21 heteroatoms. The SMILES string of the molecule is O=C(CCOCCOCCOCCOCCOCCOCCOCCOCCOCCOCCOCCOCCOCCNC(=O)OCC1c2ccccc2-c2ccccc21)ON1C(=O)CCC1=O. The van der Waals surface area contributed by atoms with Gasteiger partial charge in [-0.05, 0) is 22.3 Å². The van der Waals surface area contributed by atoms with Gasteiger partial charge in [-0.2, -0.15) is 0 Å². The quantitative estimate of drug-likeness (QED) is 0.0745. The maximum atomic E-state index is 12.3. The summed E-state index contributed by atoms with van der Waals surface area (Å²) < 4.78 is 76.7. The number of hydrogen-bond donors (Lipinski definition) is 1. The third-order valence-corrected chi connectivity index (χ3v) is 9.97. The second-order valence-electron chi connectivity index (χ2n) is 15.0. The number of fused-ring (bicyclic) bond motifs is 3. The predicted octanol–water partition coefficient (Wildman–Crippen LogP) is 2.74. The zero-order valence-electron chi connectivity index (χ0n) is 39.8. The van der Waals surface area contributed by atoms with E-state index in [1.54, 1.807) is 0 Å².